The summed E-state index contributed by atoms with van der Waals surface area (Å²) >= 11 is 0. The normalized spacial score (nSPS) is 47.5. The van der Waals surface area contributed by atoms with Gasteiger partial charge in [0.1, 0.15) is 0 Å². The van der Waals surface area contributed by atoms with E-state index in [1.54, 1.807) is 0 Å². The molecule has 3 fully saturated rings. The van der Waals surface area contributed by atoms with Crippen molar-refractivity contribution in [1.82, 2.24) is 0 Å². The van der Waals surface area contributed by atoms with E-state index in [1.165, 1.54) is 56.9 Å². The molecule has 0 aromatic carbocycles. The van der Waals surface area contributed by atoms with Gasteiger partial charge in [0.15, 0.2) is 5.78 Å². The summed E-state index contributed by atoms with van der Waals surface area (Å²) < 4.78 is 0. The zero-order valence-corrected chi connectivity index (χ0v) is 16.9. The van der Waals surface area contributed by atoms with Crippen molar-refractivity contribution in [1.29, 1.82) is 0 Å². The van der Waals surface area contributed by atoms with Crippen LogP contribution in [0.3, 0.4) is 0 Å². The van der Waals surface area contributed by atoms with Crippen LogP contribution in [0, 0.1) is 40.4 Å². The van der Waals surface area contributed by atoms with Crippen molar-refractivity contribution >= 4 is 5.78 Å². The summed E-state index contributed by atoms with van der Waals surface area (Å²) in [5.41, 5.74) is 2.45. The lowest BCUT2D eigenvalue weighted by Crippen LogP contribution is -2.50. The summed E-state index contributed by atoms with van der Waals surface area (Å²) in [7, 11) is 0. The Kier molecular flexibility index (Phi) is 4.44. The fraction of sp³-hybridized carbons (Fsp3) is 0.875. The molecule has 0 radical (unpaired) electrons. The molecule has 0 saturated heterocycles. The molecular formula is C24H38O. The van der Waals surface area contributed by atoms with Gasteiger partial charge in [-0.3, -0.25) is 4.79 Å². The van der Waals surface area contributed by atoms with E-state index in [0.717, 1.165) is 42.4 Å². The molecule has 1 heteroatoms. The molecule has 0 aliphatic heterocycles. The van der Waals surface area contributed by atoms with E-state index in [1.807, 2.05) is 6.08 Å². The topological polar surface area (TPSA) is 17.1 Å². The summed E-state index contributed by atoms with van der Waals surface area (Å²) in [5, 5.41) is 0. The van der Waals surface area contributed by atoms with Crippen molar-refractivity contribution in [3.05, 3.63) is 11.6 Å². The average molecular weight is 343 g/mol. The maximum Gasteiger partial charge on any atom is 0.155 e. The number of allylic oxidation sites excluding steroid dienone is 1. The SMILES string of the molecule is CCC[C@@H](C)[C@H]1CCC2[C@@H]3CCC4=CC(=O)CC[C@]4(C)C3CC[C@@]21C. The van der Waals surface area contributed by atoms with E-state index in [-0.39, 0.29) is 0 Å². The zero-order valence-electron chi connectivity index (χ0n) is 16.9. The van der Waals surface area contributed by atoms with Crippen molar-refractivity contribution < 1.29 is 4.79 Å². The number of hydrogen-bond acceptors (Lipinski definition) is 1. The van der Waals surface area contributed by atoms with Crippen LogP contribution in [0.15, 0.2) is 11.6 Å². The Bertz CT molecular complexity index is 575. The Balaban J connectivity index is 1.60. The summed E-state index contributed by atoms with van der Waals surface area (Å²) in [6.07, 6.45) is 15.1. The van der Waals surface area contributed by atoms with Gasteiger partial charge in [-0.15, -0.1) is 0 Å². The largest absolute Gasteiger partial charge is 0.295 e. The van der Waals surface area contributed by atoms with Crippen molar-refractivity contribution in [2.24, 2.45) is 40.4 Å². The first kappa shape index (κ1) is 17.8. The predicted molar refractivity (Wildman–Crippen MR) is 104 cm³/mol. The standard InChI is InChI=1S/C24H38O/c1-5-6-16(2)20-9-10-21-19-8-7-17-15-18(25)11-13-23(17,3)22(19)12-14-24(20,21)4/h15-16,19-22H,5-14H2,1-4H3/t16-,19+,20-,21?,22?,23+,24-/m1/s1. The molecule has 140 valence electrons. The van der Waals surface area contributed by atoms with Gasteiger partial charge >= 0.3 is 0 Å². The van der Waals surface area contributed by atoms with E-state index < -0.39 is 0 Å². The smallest absolute Gasteiger partial charge is 0.155 e. The van der Waals surface area contributed by atoms with Crippen LogP contribution in [0.4, 0.5) is 0 Å². The first-order chi connectivity index (χ1) is 11.9. The number of hydrogen-bond donors (Lipinski definition) is 0. The van der Waals surface area contributed by atoms with Crippen LogP contribution in [0.2, 0.25) is 0 Å². The highest BCUT2D eigenvalue weighted by Crippen LogP contribution is 2.67. The molecule has 2 unspecified atom stereocenters. The minimum atomic E-state index is 0.339. The lowest BCUT2D eigenvalue weighted by atomic mass is 9.46. The second-order valence-corrected chi connectivity index (χ2v) is 10.5. The Morgan fingerprint density at radius 2 is 1.88 bits per heavy atom. The maximum atomic E-state index is 12.0. The van der Waals surface area contributed by atoms with E-state index in [2.05, 4.69) is 27.7 Å². The first-order valence-corrected chi connectivity index (χ1v) is 11.1. The van der Waals surface area contributed by atoms with Crippen molar-refractivity contribution in [3.8, 4) is 0 Å². The van der Waals surface area contributed by atoms with Crippen LogP contribution < -0.4 is 0 Å². The van der Waals surface area contributed by atoms with Crippen LogP contribution in [-0.2, 0) is 4.79 Å². The fourth-order valence-electron chi connectivity index (χ4n) is 8.19. The summed E-state index contributed by atoms with van der Waals surface area (Å²) in [5.74, 6) is 4.97. The number of ketones is 1. The highest BCUT2D eigenvalue weighted by Gasteiger charge is 2.59. The van der Waals surface area contributed by atoms with Crippen molar-refractivity contribution in [2.45, 2.75) is 91.9 Å². The molecule has 7 atom stereocenters. The zero-order chi connectivity index (χ0) is 17.8. The molecule has 4 aliphatic carbocycles. The third-order valence-electron chi connectivity index (χ3n) is 9.47. The van der Waals surface area contributed by atoms with Crippen LogP contribution in [0.5, 0.6) is 0 Å². The molecule has 0 spiro atoms. The van der Waals surface area contributed by atoms with Gasteiger partial charge in [0.2, 0.25) is 0 Å². The summed E-state index contributed by atoms with van der Waals surface area (Å²) in [6.45, 7) is 10.1. The van der Waals surface area contributed by atoms with Gasteiger partial charge in [-0.2, -0.15) is 0 Å². The van der Waals surface area contributed by atoms with Gasteiger partial charge in [-0.05, 0) is 91.4 Å². The van der Waals surface area contributed by atoms with Gasteiger partial charge in [0.25, 0.3) is 0 Å². The van der Waals surface area contributed by atoms with E-state index in [4.69, 9.17) is 0 Å². The molecule has 1 nitrogen and oxygen atoms in total. The predicted octanol–water partition coefficient (Wildman–Crippen LogP) is 6.57. The van der Waals surface area contributed by atoms with Gasteiger partial charge in [0, 0.05) is 6.42 Å². The van der Waals surface area contributed by atoms with Crippen LogP contribution in [0.25, 0.3) is 0 Å². The molecule has 0 amide bonds. The minimum absolute atomic E-state index is 0.339. The average Bonchev–Trinajstić information content (AvgIpc) is 2.93. The third-order valence-corrected chi connectivity index (χ3v) is 9.47. The fourth-order valence-corrected chi connectivity index (χ4v) is 8.19. The molecule has 0 heterocycles. The van der Waals surface area contributed by atoms with Crippen LogP contribution in [0.1, 0.15) is 91.9 Å². The molecule has 0 aromatic rings. The minimum Gasteiger partial charge on any atom is -0.295 e. The van der Waals surface area contributed by atoms with Crippen molar-refractivity contribution in [3.63, 3.8) is 0 Å². The van der Waals surface area contributed by atoms with Gasteiger partial charge in [-0.25, -0.2) is 0 Å². The lowest BCUT2D eigenvalue weighted by molar-refractivity contribution is -0.117. The summed E-state index contributed by atoms with van der Waals surface area (Å²) in [6, 6.07) is 0. The highest BCUT2D eigenvalue weighted by atomic mass is 16.1. The Morgan fingerprint density at radius 1 is 1.08 bits per heavy atom. The number of fused-ring (bicyclic) bond motifs is 5. The molecule has 0 bridgehead atoms. The van der Waals surface area contributed by atoms with Gasteiger partial charge in [0.05, 0.1) is 0 Å². The monoisotopic (exact) mass is 342 g/mol. The summed E-state index contributed by atoms with van der Waals surface area (Å²) in [4.78, 5) is 12.0. The third kappa shape index (κ3) is 2.59. The Labute approximate surface area is 155 Å². The Hall–Kier alpha value is -0.590. The number of carbonyl (C=O) groups excluding carboxylic acids is 1. The second kappa shape index (κ2) is 6.24. The molecule has 0 N–H and O–H groups in total. The maximum absolute atomic E-state index is 12.0. The molecule has 3 saturated carbocycles. The highest BCUT2D eigenvalue weighted by molar-refractivity contribution is 5.91. The van der Waals surface area contributed by atoms with E-state index in [9.17, 15) is 4.79 Å². The Morgan fingerprint density at radius 3 is 2.64 bits per heavy atom. The first-order valence-electron chi connectivity index (χ1n) is 11.1. The molecule has 25 heavy (non-hydrogen) atoms. The molecule has 4 aliphatic rings. The van der Waals surface area contributed by atoms with Gasteiger partial charge in [-0.1, -0.05) is 46.1 Å². The molecule has 4 rings (SSSR count). The van der Waals surface area contributed by atoms with Crippen LogP contribution in [-0.4, -0.2) is 5.78 Å². The van der Waals surface area contributed by atoms with Crippen LogP contribution >= 0.6 is 0 Å². The van der Waals surface area contributed by atoms with E-state index >= 15 is 0 Å². The number of rotatable bonds is 3. The van der Waals surface area contributed by atoms with Gasteiger partial charge < -0.3 is 0 Å². The molecule has 0 aromatic heterocycles. The van der Waals surface area contributed by atoms with Crippen molar-refractivity contribution in [2.75, 3.05) is 0 Å². The quantitative estimate of drug-likeness (QED) is 0.567. The second-order valence-electron chi connectivity index (χ2n) is 10.5. The molecular weight excluding hydrogens is 304 g/mol. The lowest BCUT2D eigenvalue weighted by Gasteiger charge is -2.58. The number of carbonyl (C=O) groups is 1. The van der Waals surface area contributed by atoms with E-state index in [0.29, 0.717) is 16.6 Å².